The van der Waals surface area contributed by atoms with Crippen LogP contribution < -0.4 is 15.0 Å². The van der Waals surface area contributed by atoms with Crippen LogP contribution in [0.15, 0.2) is 71.3 Å². The highest BCUT2D eigenvalue weighted by Crippen LogP contribution is 2.42. The van der Waals surface area contributed by atoms with Crippen LogP contribution in [0.4, 0.5) is 15.9 Å². The summed E-state index contributed by atoms with van der Waals surface area (Å²) in [4.78, 5) is 47.3. The number of hydrogen-bond donors (Lipinski definition) is 1. The summed E-state index contributed by atoms with van der Waals surface area (Å²) in [5, 5.41) is 7.89. The molecule has 3 aliphatic heterocycles. The van der Waals surface area contributed by atoms with Gasteiger partial charge in [-0.1, -0.05) is 18.2 Å². The fourth-order valence-corrected chi connectivity index (χ4v) is 7.46. The van der Waals surface area contributed by atoms with E-state index < -0.39 is 24.0 Å². The number of pyridine rings is 1. The van der Waals surface area contributed by atoms with Crippen molar-refractivity contribution in [2.24, 2.45) is 5.92 Å². The molecule has 4 aliphatic rings. The number of carbonyl (C=O) groups excluding carboxylic acids is 3. The highest BCUT2D eigenvalue weighted by atomic mass is 79.9. The number of likely N-dealkylation sites (tertiary alicyclic amines) is 1. The Labute approximate surface area is 279 Å². The summed E-state index contributed by atoms with van der Waals surface area (Å²) in [6.45, 7) is 1.92. The number of alkyl halides is 1. The molecule has 2 saturated heterocycles. The molecule has 1 N–H and O–H groups in total. The van der Waals surface area contributed by atoms with Crippen molar-refractivity contribution in [3.63, 3.8) is 0 Å². The lowest BCUT2D eigenvalue weighted by molar-refractivity contribution is -0.137. The first kappa shape index (κ1) is 31.0. The standard InChI is InChI=1S/C35H34BrFN6O4/c1-20(44)34-28-14-21(27-16-25-8-6-22(27)17-41(25)24-9-11-26(47-2)12-10-24)7-13-29(28)43(40-34)19-33(45)42-18-23(37)15-30(42)35(46)39-32-5-3-4-31(36)38-32/h3-5,7,9-14,16,22-23,25,30H,6,8,15,17-19H2,1-2H3,(H,38,39,46)/t22?,23-,25+,30+/m1/s1. The first-order chi connectivity index (χ1) is 22.7. The van der Waals surface area contributed by atoms with Crippen LogP contribution in [0.2, 0.25) is 0 Å². The second-order valence-corrected chi connectivity index (χ2v) is 13.2. The zero-order valence-electron chi connectivity index (χ0n) is 26.0. The van der Waals surface area contributed by atoms with Gasteiger partial charge in [0, 0.05) is 42.9 Å². The second kappa shape index (κ2) is 12.6. The van der Waals surface area contributed by atoms with Crippen LogP contribution >= 0.6 is 15.9 Å². The maximum Gasteiger partial charge on any atom is 0.248 e. The average Bonchev–Trinajstić information content (AvgIpc) is 3.65. The molecule has 4 atom stereocenters. The van der Waals surface area contributed by atoms with Gasteiger partial charge in [0.15, 0.2) is 5.78 Å². The van der Waals surface area contributed by atoms with Gasteiger partial charge in [-0.15, -0.1) is 0 Å². The smallest absolute Gasteiger partial charge is 0.248 e. The van der Waals surface area contributed by atoms with Gasteiger partial charge < -0.3 is 19.9 Å². The van der Waals surface area contributed by atoms with Crippen molar-refractivity contribution < 1.29 is 23.5 Å². The summed E-state index contributed by atoms with van der Waals surface area (Å²) in [7, 11) is 1.66. The van der Waals surface area contributed by atoms with Crippen LogP contribution in [0.5, 0.6) is 5.75 Å². The molecule has 5 heterocycles. The zero-order valence-corrected chi connectivity index (χ0v) is 27.6. The fraction of sp³-hybridized carbons (Fsp3) is 0.343. The predicted molar refractivity (Wildman–Crippen MR) is 180 cm³/mol. The Morgan fingerprint density at radius 1 is 1.06 bits per heavy atom. The number of aromatic nitrogens is 3. The summed E-state index contributed by atoms with van der Waals surface area (Å²) in [5.41, 5.74) is 4.36. The number of methoxy groups -OCH3 is 1. The van der Waals surface area contributed by atoms with Crippen molar-refractivity contribution in [3.05, 3.63) is 82.6 Å². The van der Waals surface area contributed by atoms with E-state index in [2.05, 4.69) is 54.4 Å². The summed E-state index contributed by atoms with van der Waals surface area (Å²) in [6.07, 6.45) is 3.03. The number of ether oxygens (including phenoxy) is 1. The molecule has 2 bridgehead atoms. The monoisotopic (exact) mass is 700 g/mol. The number of nitrogens with zero attached hydrogens (tertiary/aromatic N) is 5. The van der Waals surface area contributed by atoms with Crippen molar-refractivity contribution in [1.82, 2.24) is 19.7 Å². The molecule has 2 fully saturated rings. The minimum absolute atomic E-state index is 0.110. The molecule has 47 heavy (non-hydrogen) atoms. The number of nitrogens with one attached hydrogen (secondary N) is 1. The van der Waals surface area contributed by atoms with Gasteiger partial charge in [-0.05, 0) is 88.4 Å². The SMILES string of the molecule is COc1ccc(N2CC3CC[C@H]2C=C3c2ccc3c(c2)c(C(C)=O)nn3CC(=O)N2C[C@H](F)C[C@H]2C(=O)Nc2cccc(Br)n2)cc1. The van der Waals surface area contributed by atoms with Crippen LogP contribution in [0, 0.1) is 5.92 Å². The number of carbonyl (C=O) groups is 3. The quantitative estimate of drug-likeness (QED) is 0.187. The molecule has 0 radical (unpaired) electrons. The Kier molecular flexibility index (Phi) is 8.29. The minimum atomic E-state index is -1.34. The third-order valence-electron chi connectivity index (χ3n) is 9.39. The van der Waals surface area contributed by atoms with Crippen LogP contribution in [0.25, 0.3) is 16.5 Å². The largest absolute Gasteiger partial charge is 0.497 e. The van der Waals surface area contributed by atoms with Crippen LogP contribution in [0.3, 0.4) is 0 Å². The van der Waals surface area contributed by atoms with E-state index >= 15 is 0 Å². The van der Waals surface area contributed by atoms with Gasteiger partial charge in [-0.2, -0.15) is 5.10 Å². The van der Waals surface area contributed by atoms with E-state index in [1.165, 1.54) is 22.1 Å². The molecule has 2 amide bonds. The van der Waals surface area contributed by atoms with Crippen molar-refractivity contribution in [2.75, 3.05) is 30.4 Å². The van der Waals surface area contributed by atoms with Crippen LogP contribution in [-0.4, -0.2) is 75.7 Å². The highest BCUT2D eigenvalue weighted by molar-refractivity contribution is 9.10. The summed E-state index contributed by atoms with van der Waals surface area (Å²) in [6, 6.07) is 18.4. The van der Waals surface area contributed by atoms with Crippen molar-refractivity contribution >= 4 is 61.5 Å². The maximum atomic E-state index is 14.6. The van der Waals surface area contributed by atoms with Gasteiger partial charge in [-0.25, -0.2) is 9.37 Å². The van der Waals surface area contributed by atoms with Crippen molar-refractivity contribution in [2.45, 2.75) is 51.0 Å². The highest BCUT2D eigenvalue weighted by Gasteiger charge is 2.40. The summed E-state index contributed by atoms with van der Waals surface area (Å²) >= 11 is 3.27. The Morgan fingerprint density at radius 2 is 1.87 bits per heavy atom. The third-order valence-corrected chi connectivity index (χ3v) is 9.83. The Morgan fingerprint density at radius 3 is 2.57 bits per heavy atom. The van der Waals surface area contributed by atoms with E-state index in [4.69, 9.17) is 4.74 Å². The molecule has 1 aliphatic carbocycles. The lowest BCUT2D eigenvalue weighted by Crippen LogP contribution is -2.46. The van der Waals surface area contributed by atoms with Gasteiger partial charge in [0.05, 0.1) is 19.2 Å². The molecule has 4 aromatic rings. The second-order valence-electron chi connectivity index (χ2n) is 12.3. The molecule has 10 nitrogen and oxygen atoms in total. The van der Waals surface area contributed by atoms with E-state index in [0.717, 1.165) is 36.4 Å². The van der Waals surface area contributed by atoms with Crippen molar-refractivity contribution in [3.8, 4) is 5.75 Å². The fourth-order valence-electron chi connectivity index (χ4n) is 7.12. The zero-order chi connectivity index (χ0) is 32.8. The van der Waals surface area contributed by atoms with E-state index in [9.17, 15) is 18.8 Å². The van der Waals surface area contributed by atoms with Crippen LogP contribution in [-0.2, 0) is 16.1 Å². The lowest BCUT2D eigenvalue weighted by Gasteiger charge is -2.46. The predicted octanol–water partition coefficient (Wildman–Crippen LogP) is 5.66. The first-order valence-electron chi connectivity index (χ1n) is 15.7. The number of anilines is 2. The van der Waals surface area contributed by atoms with E-state index in [-0.39, 0.29) is 37.0 Å². The first-order valence-corrected chi connectivity index (χ1v) is 16.5. The summed E-state index contributed by atoms with van der Waals surface area (Å²) in [5.74, 6) is 0.276. The molecule has 8 rings (SSSR count). The average molecular weight is 702 g/mol. The van der Waals surface area contributed by atoms with Crippen molar-refractivity contribution in [1.29, 1.82) is 0 Å². The van der Waals surface area contributed by atoms with Gasteiger partial charge in [-0.3, -0.25) is 19.1 Å². The number of halogens is 2. The minimum Gasteiger partial charge on any atom is -0.497 e. The number of benzene rings is 2. The third kappa shape index (κ3) is 6.02. The Hall–Kier alpha value is -4.58. The molecule has 12 heteroatoms. The number of hydrogen-bond acceptors (Lipinski definition) is 7. The van der Waals surface area contributed by atoms with Gasteiger partial charge in [0.1, 0.15) is 40.6 Å². The molecule has 242 valence electrons. The topological polar surface area (TPSA) is 110 Å². The number of fused-ring (bicyclic) bond motifs is 3. The Balaban J connectivity index is 1.13. The molecule has 0 saturated carbocycles. The lowest BCUT2D eigenvalue weighted by atomic mass is 9.76. The molecule has 1 unspecified atom stereocenters. The normalized spacial score (nSPS) is 22.0. The Bertz CT molecular complexity index is 1910. The van der Waals surface area contributed by atoms with Gasteiger partial charge in [0.2, 0.25) is 11.8 Å². The van der Waals surface area contributed by atoms with Gasteiger partial charge >= 0.3 is 0 Å². The number of piperidine rings is 1. The van der Waals surface area contributed by atoms with E-state index in [1.807, 2.05) is 30.3 Å². The maximum absolute atomic E-state index is 14.6. The number of amides is 2. The molecule has 2 aromatic heterocycles. The number of ketones is 1. The molecular weight excluding hydrogens is 667 g/mol. The van der Waals surface area contributed by atoms with Gasteiger partial charge in [0.25, 0.3) is 0 Å². The number of Topliss-reactive ketones (excluding diaryl/α,β-unsaturated/α-hetero) is 1. The van der Waals surface area contributed by atoms with Crippen LogP contribution in [0.1, 0.15) is 42.2 Å². The van der Waals surface area contributed by atoms with E-state index in [1.54, 1.807) is 25.3 Å². The molecular formula is C35H34BrFN6O4. The molecule has 0 spiro atoms. The number of rotatable bonds is 8. The summed E-state index contributed by atoms with van der Waals surface area (Å²) < 4.78 is 22.0. The molecule has 2 aromatic carbocycles. The van der Waals surface area contributed by atoms with E-state index in [0.29, 0.717) is 27.2 Å².